The molecule has 0 aromatic heterocycles. The quantitative estimate of drug-likeness (QED) is 0.653. The molecule has 0 bridgehead atoms. The van der Waals surface area contributed by atoms with E-state index >= 15 is 0 Å². The van der Waals surface area contributed by atoms with Gasteiger partial charge in [-0.1, -0.05) is 12.1 Å². The minimum Gasteiger partial charge on any atom is -0.384 e. The van der Waals surface area contributed by atoms with Crippen molar-refractivity contribution in [3.8, 4) is 0 Å². The predicted molar refractivity (Wildman–Crippen MR) is 125 cm³/mol. The highest BCUT2D eigenvalue weighted by Gasteiger charge is 2.32. The van der Waals surface area contributed by atoms with Crippen LogP contribution in [0, 0.1) is 5.41 Å². The van der Waals surface area contributed by atoms with Gasteiger partial charge >= 0.3 is 0 Å². The molecule has 0 aliphatic carbocycles. The molecular formula is C22H37Cl2N3O3. The number of nitrogens with one attached hydrogen (secondary N) is 2. The number of carbonyl (C=O) groups excluding carboxylic acids is 1. The van der Waals surface area contributed by atoms with E-state index in [1.165, 1.54) is 5.56 Å². The van der Waals surface area contributed by atoms with Gasteiger partial charge in [0.1, 0.15) is 0 Å². The van der Waals surface area contributed by atoms with Gasteiger partial charge < -0.3 is 20.1 Å². The standard InChI is InChI=1S/C22H35N3O3.2ClH/c1-17-12-25(13-18(2)28-17)14-19-4-6-20(7-5-19)21(26)24-15-22(16-27-3)8-10-23-11-9-22;;/h4-7,17-18,23H,8-16H2,1-3H3,(H,24,26);2*1H. The molecule has 0 radical (unpaired) electrons. The topological polar surface area (TPSA) is 62.8 Å². The first-order valence-corrected chi connectivity index (χ1v) is 10.4. The van der Waals surface area contributed by atoms with Gasteiger partial charge in [-0.15, -0.1) is 24.8 Å². The molecule has 2 saturated heterocycles. The minimum atomic E-state index is -0.00539. The van der Waals surface area contributed by atoms with Crippen LogP contribution in [0.2, 0.25) is 0 Å². The van der Waals surface area contributed by atoms with Crippen molar-refractivity contribution in [1.29, 1.82) is 0 Å². The van der Waals surface area contributed by atoms with Crippen LogP contribution in [-0.2, 0) is 16.0 Å². The number of morpholine rings is 1. The lowest BCUT2D eigenvalue weighted by Gasteiger charge is -2.37. The lowest BCUT2D eigenvalue weighted by atomic mass is 9.79. The highest BCUT2D eigenvalue weighted by atomic mass is 35.5. The molecule has 172 valence electrons. The average molecular weight is 462 g/mol. The van der Waals surface area contributed by atoms with Crippen molar-refractivity contribution < 1.29 is 14.3 Å². The Morgan fingerprint density at radius 1 is 1.17 bits per heavy atom. The zero-order chi connectivity index (χ0) is 20.0. The molecule has 2 heterocycles. The number of amides is 1. The Balaban J connectivity index is 0.00000225. The van der Waals surface area contributed by atoms with Crippen molar-refractivity contribution in [3.63, 3.8) is 0 Å². The molecule has 2 unspecified atom stereocenters. The maximum absolute atomic E-state index is 12.6. The molecule has 0 saturated carbocycles. The van der Waals surface area contributed by atoms with E-state index in [2.05, 4.69) is 41.5 Å². The van der Waals surface area contributed by atoms with Crippen LogP contribution in [0.15, 0.2) is 24.3 Å². The van der Waals surface area contributed by atoms with Crippen LogP contribution in [0.1, 0.15) is 42.6 Å². The molecule has 2 N–H and O–H groups in total. The summed E-state index contributed by atoms with van der Waals surface area (Å²) < 4.78 is 11.2. The first-order chi connectivity index (χ1) is 13.5. The number of hydrogen-bond donors (Lipinski definition) is 2. The Labute approximate surface area is 193 Å². The summed E-state index contributed by atoms with van der Waals surface area (Å²) in [5, 5.41) is 6.52. The molecule has 30 heavy (non-hydrogen) atoms. The highest BCUT2D eigenvalue weighted by molar-refractivity contribution is 5.94. The number of benzene rings is 1. The van der Waals surface area contributed by atoms with E-state index in [1.807, 2.05) is 12.1 Å². The van der Waals surface area contributed by atoms with Gasteiger partial charge in [-0.05, 0) is 57.5 Å². The normalized spacial score (nSPS) is 23.7. The lowest BCUT2D eigenvalue weighted by molar-refractivity contribution is -0.0704. The van der Waals surface area contributed by atoms with Crippen LogP contribution in [0.25, 0.3) is 0 Å². The van der Waals surface area contributed by atoms with Crippen molar-refractivity contribution >= 4 is 30.7 Å². The zero-order valence-electron chi connectivity index (χ0n) is 18.3. The maximum Gasteiger partial charge on any atom is 0.251 e. The summed E-state index contributed by atoms with van der Waals surface area (Å²) in [6, 6.07) is 8.00. The van der Waals surface area contributed by atoms with Gasteiger partial charge in [0, 0.05) is 44.3 Å². The molecule has 8 heteroatoms. The Kier molecular flexibility index (Phi) is 11.6. The largest absolute Gasteiger partial charge is 0.384 e. The van der Waals surface area contributed by atoms with Gasteiger partial charge in [-0.25, -0.2) is 0 Å². The third kappa shape index (κ3) is 7.66. The minimum absolute atomic E-state index is 0. The number of halogens is 2. The van der Waals surface area contributed by atoms with Crippen LogP contribution in [-0.4, -0.2) is 69.5 Å². The van der Waals surface area contributed by atoms with Crippen LogP contribution in [0.4, 0.5) is 0 Å². The molecule has 0 spiro atoms. The molecule has 1 aromatic rings. The summed E-state index contributed by atoms with van der Waals surface area (Å²) in [5.41, 5.74) is 1.99. The molecule has 2 aliphatic rings. The molecular weight excluding hydrogens is 425 g/mol. The Morgan fingerprint density at radius 2 is 1.77 bits per heavy atom. The van der Waals surface area contributed by atoms with Crippen molar-refractivity contribution in [2.75, 3.05) is 46.4 Å². The van der Waals surface area contributed by atoms with E-state index in [0.717, 1.165) is 45.6 Å². The Morgan fingerprint density at radius 3 is 2.33 bits per heavy atom. The number of carbonyl (C=O) groups is 1. The fraction of sp³-hybridized carbons (Fsp3) is 0.682. The summed E-state index contributed by atoms with van der Waals surface area (Å²) in [6.07, 6.45) is 2.58. The predicted octanol–water partition coefficient (Wildman–Crippen LogP) is 2.89. The third-order valence-corrected chi connectivity index (χ3v) is 5.86. The van der Waals surface area contributed by atoms with E-state index in [-0.39, 0.29) is 48.3 Å². The number of rotatable bonds is 7. The average Bonchev–Trinajstić information content (AvgIpc) is 2.67. The zero-order valence-corrected chi connectivity index (χ0v) is 19.9. The SMILES string of the molecule is COCC1(CNC(=O)c2ccc(CN3CC(C)OC(C)C3)cc2)CCNCC1.Cl.Cl. The maximum atomic E-state index is 12.6. The number of hydrogen-bond acceptors (Lipinski definition) is 5. The highest BCUT2D eigenvalue weighted by Crippen LogP contribution is 2.28. The molecule has 1 amide bonds. The number of methoxy groups -OCH3 is 1. The molecule has 2 atom stereocenters. The Hall–Kier alpha value is -0.890. The lowest BCUT2D eigenvalue weighted by Crippen LogP contribution is -2.47. The second-order valence-corrected chi connectivity index (χ2v) is 8.51. The van der Waals surface area contributed by atoms with Crippen molar-refractivity contribution in [1.82, 2.24) is 15.5 Å². The molecule has 1 aromatic carbocycles. The second-order valence-electron chi connectivity index (χ2n) is 8.51. The van der Waals surface area contributed by atoms with Gasteiger partial charge in [0.2, 0.25) is 0 Å². The van der Waals surface area contributed by atoms with E-state index < -0.39 is 0 Å². The fourth-order valence-corrected chi connectivity index (χ4v) is 4.44. The first-order valence-electron chi connectivity index (χ1n) is 10.4. The molecule has 6 nitrogen and oxygen atoms in total. The monoisotopic (exact) mass is 461 g/mol. The first kappa shape index (κ1) is 27.1. The van der Waals surface area contributed by atoms with Crippen molar-refractivity contribution in [2.45, 2.75) is 45.4 Å². The van der Waals surface area contributed by atoms with Crippen molar-refractivity contribution in [2.24, 2.45) is 5.41 Å². The van der Waals surface area contributed by atoms with Crippen LogP contribution in [0.3, 0.4) is 0 Å². The van der Waals surface area contributed by atoms with E-state index in [1.54, 1.807) is 7.11 Å². The summed E-state index contributed by atoms with van der Waals surface area (Å²) >= 11 is 0. The van der Waals surface area contributed by atoms with E-state index in [9.17, 15) is 4.79 Å². The number of nitrogens with zero attached hydrogens (tertiary/aromatic N) is 1. The second kappa shape index (κ2) is 12.8. The molecule has 2 aliphatic heterocycles. The van der Waals surface area contributed by atoms with Crippen LogP contribution < -0.4 is 10.6 Å². The van der Waals surface area contributed by atoms with Gasteiger partial charge in [0.15, 0.2) is 0 Å². The summed E-state index contributed by atoms with van der Waals surface area (Å²) in [7, 11) is 1.74. The van der Waals surface area contributed by atoms with Gasteiger partial charge in [-0.3, -0.25) is 9.69 Å². The van der Waals surface area contributed by atoms with Crippen molar-refractivity contribution in [3.05, 3.63) is 35.4 Å². The summed E-state index contributed by atoms with van der Waals surface area (Å²) in [5.74, 6) is -0.00539. The van der Waals surface area contributed by atoms with Crippen LogP contribution in [0.5, 0.6) is 0 Å². The summed E-state index contributed by atoms with van der Waals surface area (Å²) in [4.78, 5) is 15.0. The third-order valence-electron chi connectivity index (χ3n) is 5.86. The number of piperidine rings is 1. The number of ether oxygens (including phenoxy) is 2. The Bertz CT molecular complexity index is 624. The van der Waals surface area contributed by atoms with Gasteiger partial charge in [0.25, 0.3) is 5.91 Å². The van der Waals surface area contributed by atoms with Gasteiger partial charge in [-0.2, -0.15) is 0 Å². The van der Waals surface area contributed by atoms with E-state index in [4.69, 9.17) is 9.47 Å². The summed E-state index contributed by atoms with van der Waals surface area (Å²) in [6.45, 7) is 10.3. The van der Waals surface area contributed by atoms with Gasteiger partial charge in [0.05, 0.1) is 18.8 Å². The van der Waals surface area contributed by atoms with Crippen LogP contribution >= 0.6 is 24.8 Å². The molecule has 2 fully saturated rings. The molecule has 3 rings (SSSR count). The van der Waals surface area contributed by atoms with E-state index in [0.29, 0.717) is 18.7 Å². The smallest absolute Gasteiger partial charge is 0.251 e. The fourth-order valence-electron chi connectivity index (χ4n) is 4.44.